The molecule has 3 atom stereocenters. The molecule has 9 nitrogen and oxygen atoms in total. The van der Waals surface area contributed by atoms with Gasteiger partial charge in [-0.3, -0.25) is 24.5 Å². The highest BCUT2D eigenvalue weighted by Gasteiger charge is 2.33. The number of carbonyl (C=O) groups excluding carboxylic acids is 1. The van der Waals surface area contributed by atoms with E-state index in [0.29, 0.717) is 12.1 Å². The molecule has 2 aromatic heterocycles. The fraction of sp³-hybridized carbons (Fsp3) is 0.571. The average Bonchev–Trinajstić information content (AvgIpc) is 3.03. The van der Waals surface area contributed by atoms with Crippen LogP contribution in [0.4, 0.5) is 5.95 Å². The second-order valence-corrected chi connectivity index (χ2v) is 5.98. The van der Waals surface area contributed by atoms with Crippen LogP contribution in [-0.4, -0.2) is 42.7 Å². The van der Waals surface area contributed by atoms with Crippen LogP contribution in [0, 0.1) is 5.92 Å². The minimum atomic E-state index is -0.584. The molecule has 0 unspecified atom stereocenters. The zero-order chi connectivity index (χ0) is 16.7. The molecule has 0 aromatic carbocycles. The van der Waals surface area contributed by atoms with Gasteiger partial charge in [0, 0.05) is 12.3 Å². The third-order valence-corrected chi connectivity index (χ3v) is 3.87. The number of aromatic amines is 1. The van der Waals surface area contributed by atoms with Crippen molar-refractivity contribution in [3.63, 3.8) is 0 Å². The molecular formula is C14H19N5O4. The first kappa shape index (κ1) is 15.6. The minimum absolute atomic E-state index is 0.0644. The van der Waals surface area contributed by atoms with Crippen molar-refractivity contribution in [2.24, 2.45) is 5.92 Å². The van der Waals surface area contributed by atoms with Gasteiger partial charge < -0.3 is 9.84 Å². The first-order valence-electron chi connectivity index (χ1n) is 7.48. The van der Waals surface area contributed by atoms with E-state index in [1.807, 2.05) is 0 Å². The van der Waals surface area contributed by atoms with E-state index >= 15 is 0 Å². The third-order valence-electron chi connectivity index (χ3n) is 3.87. The van der Waals surface area contributed by atoms with Crippen LogP contribution >= 0.6 is 0 Å². The molecule has 3 N–H and O–H groups in total. The van der Waals surface area contributed by atoms with Crippen LogP contribution in [0.3, 0.4) is 0 Å². The highest BCUT2D eigenvalue weighted by molar-refractivity contribution is 5.91. The molecule has 2 aromatic rings. The van der Waals surface area contributed by atoms with Gasteiger partial charge in [0.25, 0.3) is 5.56 Å². The Balaban J connectivity index is 1.99. The number of ether oxygens (including phenoxy) is 1. The molecule has 1 saturated heterocycles. The zero-order valence-electron chi connectivity index (χ0n) is 13.1. The normalized spacial score (nSPS) is 24.5. The van der Waals surface area contributed by atoms with E-state index in [-0.39, 0.29) is 29.4 Å². The Morgan fingerprint density at radius 3 is 2.91 bits per heavy atom. The largest absolute Gasteiger partial charge is 0.390 e. The highest BCUT2D eigenvalue weighted by atomic mass is 16.5. The third kappa shape index (κ3) is 2.84. The lowest BCUT2D eigenvalue weighted by molar-refractivity contribution is -0.118. The highest BCUT2D eigenvalue weighted by Crippen LogP contribution is 2.30. The van der Waals surface area contributed by atoms with E-state index in [2.05, 4.69) is 20.3 Å². The number of aliphatic hydroxyl groups excluding tert-OH is 1. The molecular weight excluding hydrogens is 302 g/mol. The maximum atomic E-state index is 12.1. The first-order valence-corrected chi connectivity index (χ1v) is 7.48. The molecule has 23 heavy (non-hydrogen) atoms. The summed E-state index contributed by atoms with van der Waals surface area (Å²) in [5.41, 5.74) is 0.0173. The maximum absolute atomic E-state index is 12.1. The number of nitrogens with zero attached hydrogens (tertiary/aromatic N) is 3. The lowest BCUT2D eigenvalue weighted by Crippen LogP contribution is -2.22. The quantitative estimate of drug-likeness (QED) is 0.751. The number of aromatic nitrogens is 4. The van der Waals surface area contributed by atoms with E-state index < -0.39 is 17.9 Å². The summed E-state index contributed by atoms with van der Waals surface area (Å²) in [4.78, 5) is 34.7. The van der Waals surface area contributed by atoms with E-state index in [9.17, 15) is 14.7 Å². The number of hydrogen-bond acceptors (Lipinski definition) is 6. The van der Waals surface area contributed by atoms with Crippen molar-refractivity contribution in [2.75, 3.05) is 5.32 Å². The molecule has 0 saturated carbocycles. The average molecular weight is 321 g/mol. The number of H-pyrrole nitrogens is 1. The number of carbonyl (C=O) groups is 1. The van der Waals surface area contributed by atoms with Crippen LogP contribution in [0.25, 0.3) is 11.2 Å². The molecule has 1 amide bonds. The van der Waals surface area contributed by atoms with Crippen LogP contribution in [0.5, 0.6) is 0 Å². The van der Waals surface area contributed by atoms with Gasteiger partial charge >= 0.3 is 0 Å². The van der Waals surface area contributed by atoms with Crippen LogP contribution in [0.2, 0.25) is 0 Å². The van der Waals surface area contributed by atoms with Gasteiger partial charge in [-0.2, -0.15) is 4.98 Å². The Bertz CT molecular complexity index is 786. The Kier molecular flexibility index (Phi) is 3.90. The van der Waals surface area contributed by atoms with Crippen LogP contribution in [-0.2, 0) is 9.53 Å². The first-order chi connectivity index (χ1) is 10.9. The van der Waals surface area contributed by atoms with Gasteiger partial charge in [-0.1, -0.05) is 13.8 Å². The fourth-order valence-electron chi connectivity index (χ4n) is 2.43. The number of hydrogen-bond donors (Lipinski definition) is 3. The molecule has 9 heteroatoms. The predicted octanol–water partition coefficient (Wildman–Crippen LogP) is 0.382. The Hall–Kier alpha value is -2.26. The standard InChI is InChI=1S/C14H19N5O4/c1-6(2)12(21)17-14-16-11-10(13(22)18-14)15-5-19(11)9-4-8(20)7(3)23-9/h5-9,20H,4H2,1-3H3,(H2,16,17,18,21,22)/t7-,8+,9-/m1/s1. The summed E-state index contributed by atoms with van der Waals surface area (Å²) in [5.74, 6) is -0.427. The number of fused-ring (bicyclic) bond motifs is 1. The molecule has 124 valence electrons. The number of aliphatic hydroxyl groups is 1. The van der Waals surface area contributed by atoms with Gasteiger partial charge in [0.2, 0.25) is 11.9 Å². The molecule has 1 fully saturated rings. The molecule has 0 radical (unpaired) electrons. The zero-order valence-corrected chi connectivity index (χ0v) is 13.1. The molecule has 0 aliphatic carbocycles. The molecule has 3 heterocycles. The SMILES string of the molecule is CC(C)C(=O)Nc1nc2c(ncn2[C@H]2C[C@H](O)[C@@H](C)O2)c(=O)[nH]1. The Morgan fingerprint density at radius 1 is 1.57 bits per heavy atom. The predicted molar refractivity (Wildman–Crippen MR) is 81.8 cm³/mol. The van der Waals surface area contributed by atoms with Crippen LogP contribution < -0.4 is 10.9 Å². The van der Waals surface area contributed by atoms with Gasteiger partial charge in [-0.25, -0.2) is 4.98 Å². The molecule has 1 aliphatic rings. The topological polar surface area (TPSA) is 122 Å². The van der Waals surface area contributed by atoms with Gasteiger partial charge in [0.1, 0.15) is 6.23 Å². The van der Waals surface area contributed by atoms with E-state index in [0.717, 1.165) is 0 Å². The second kappa shape index (κ2) is 5.74. The summed E-state index contributed by atoms with van der Waals surface area (Å²) in [6, 6.07) is 0. The summed E-state index contributed by atoms with van der Waals surface area (Å²) in [7, 11) is 0. The van der Waals surface area contributed by atoms with Crippen molar-refractivity contribution < 1.29 is 14.6 Å². The Labute approximate surface area is 131 Å². The minimum Gasteiger partial charge on any atom is -0.390 e. The number of imidazole rings is 1. The van der Waals surface area contributed by atoms with Crippen LogP contribution in [0.1, 0.15) is 33.4 Å². The molecule has 0 spiro atoms. The van der Waals surface area contributed by atoms with Crippen LogP contribution in [0.15, 0.2) is 11.1 Å². The number of anilines is 1. The van der Waals surface area contributed by atoms with Crippen molar-refractivity contribution in [1.29, 1.82) is 0 Å². The van der Waals surface area contributed by atoms with Gasteiger partial charge in [-0.15, -0.1) is 0 Å². The van der Waals surface area contributed by atoms with Gasteiger partial charge in [0.15, 0.2) is 11.2 Å². The lowest BCUT2D eigenvalue weighted by atomic mass is 10.2. The maximum Gasteiger partial charge on any atom is 0.280 e. The number of amides is 1. The van der Waals surface area contributed by atoms with E-state index in [1.54, 1.807) is 25.3 Å². The van der Waals surface area contributed by atoms with E-state index in [1.165, 1.54) is 6.33 Å². The monoisotopic (exact) mass is 321 g/mol. The number of rotatable bonds is 3. The smallest absolute Gasteiger partial charge is 0.280 e. The Morgan fingerprint density at radius 2 is 2.30 bits per heavy atom. The van der Waals surface area contributed by atoms with Crippen molar-refractivity contribution in [3.8, 4) is 0 Å². The van der Waals surface area contributed by atoms with Gasteiger partial charge in [0.05, 0.1) is 18.5 Å². The van der Waals surface area contributed by atoms with E-state index in [4.69, 9.17) is 4.74 Å². The second-order valence-electron chi connectivity index (χ2n) is 5.98. The molecule has 0 bridgehead atoms. The van der Waals surface area contributed by atoms with Gasteiger partial charge in [-0.05, 0) is 6.92 Å². The van der Waals surface area contributed by atoms with Crippen molar-refractivity contribution in [3.05, 3.63) is 16.7 Å². The van der Waals surface area contributed by atoms with Crippen molar-refractivity contribution in [1.82, 2.24) is 19.5 Å². The molecule has 3 rings (SSSR count). The summed E-state index contributed by atoms with van der Waals surface area (Å²) in [5, 5.41) is 12.4. The van der Waals surface area contributed by atoms with Crippen molar-refractivity contribution >= 4 is 23.0 Å². The summed E-state index contributed by atoms with van der Waals surface area (Å²) >= 11 is 0. The summed E-state index contributed by atoms with van der Waals surface area (Å²) < 4.78 is 7.26. The number of nitrogens with one attached hydrogen (secondary N) is 2. The molecule has 1 aliphatic heterocycles. The summed E-state index contributed by atoms with van der Waals surface area (Å²) in [6.07, 6.45) is 0.498. The van der Waals surface area contributed by atoms with Crippen molar-refractivity contribution in [2.45, 2.75) is 45.6 Å². The summed E-state index contributed by atoms with van der Waals surface area (Å²) in [6.45, 7) is 5.26. The fourth-order valence-corrected chi connectivity index (χ4v) is 2.43. The lowest BCUT2D eigenvalue weighted by Gasteiger charge is -2.13.